The summed E-state index contributed by atoms with van der Waals surface area (Å²) in [7, 11) is 1.37. The van der Waals surface area contributed by atoms with Crippen molar-refractivity contribution in [2.75, 3.05) is 7.11 Å². The molecule has 2 aromatic carbocycles. The standard InChI is InChI=1S/C16H14O8/c1-23-7-4-8(17)12-11(5-7)24-16(15(22)14(12)21)6-2-9(18)13(20)10(19)3-6/h2-5,15-20,22H,1H3. The molecule has 8 heteroatoms. The minimum atomic E-state index is -1.68. The first kappa shape index (κ1) is 15.8. The first-order valence-electron chi connectivity index (χ1n) is 6.88. The number of hydrogen-bond donors (Lipinski definition) is 5. The number of carbonyl (C=O) groups is 1. The highest BCUT2D eigenvalue weighted by atomic mass is 16.5. The SMILES string of the molecule is COc1cc(O)c2c(c1)OC(c1cc(O)c(O)c(O)c1)C(O)C2=O. The number of hydrogen-bond acceptors (Lipinski definition) is 8. The normalized spacial score (nSPS) is 19.5. The van der Waals surface area contributed by atoms with Gasteiger partial charge in [-0.3, -0.25) is 4.79 Å². The third kappa shape index (κ3) is 2.33. The zero-order valence-electron chi connectivity index (χ0n) is 12.4. The Labute approximate surface area is 135 Å². The van der Waals surface area contributed by atoms with E-state index in [1.165, 1.54) is 19.2 Å². The topological polar surface area (TPSA) is 137 Å². The number of fused-ring (bicyclic) bond motifs is 1. The van der Waals surface area contributed by atoms with Crippen LogP contribution >= 0.6 is 0 Å². The third-order valence-corrected chi connectivity index (χ3v) is 3.77. The van der Waals surface area contributed by atoms with Gasteiger partial charge in [-0.25, -0.2) is 0 Å². The molecule has 0 radical (unpaired) electrons. The van der Waals surface area contributed by atoms with E-state index in [4.69, 9.17) is 9.47 Å². The summed E-state index contributed by atoms with van der Waals surface area (Å²) in [6, 6.07) is 4.69. The van der Waals surface area contributed by atoms with Gasteiger partial charge in [0.25, 0.3) is 0 Å². The van der Waals surface area contributed by atoms with Crippen LogP contribution in [-0.2, 0) is 0 Å². The Balaban J connectivity index is 2.10. The molecule has 0 aliphatic carbocycles. The van der Waals surface area contributed by atoms with Crippen LogP contribution < -0.4 is 9.47 Å². The Kier molecular flexibility index (Phi) is 3.61. The summed E-state index contributed by atoms with van der Waals surface area (Å²) in [4.78, 5) is 12.4. The van der Waals surface area contributed by atoms with Gasteiger partial charge in [0.2, 0.25) is 5.78 Å². The second kappa shape index (κ2) is 5.50. The fourth-order valence-electron chi connectivity index (χ4n) is 2.56. The molecule has 2 aromatic rings. The zero-order chi connectivity index (χ0) is 17.6. The molecular weight excluding hydrogens is 320 g/mol. The smallest absolute Gasteiger partial charge is 0.202 e. The fraction of sp³-hybridized carbons (Fsp3) is 0.188. The zero-order valence-corrected chi connectivity index (χ0v) is 12.4. The van der Waals surface area contributed by atoms with Gasteiger partial charge in [0.1, 0.15) is 22.8 Å². The van der Waals surface area contributed by atoms with Gasteiger partial charge in [0.15, 0.2) is 29.5 Å². The van der Waals surface area contributed by atoms with Crippen molar-refractivity contribution in [3.8, 4) is 34.5 Å². The van der Waals surface area contributed by atoms with E-state index in [1.807, 2.05) is 0 Å². The van der Waals surface area contributed by atoms with Gasteiger partial charge >= 0.3 is 0 Å². The molecule has 1 aliphatic rings. The minimum absolute atomic E-state index is 0.0146. The molecule has 5 N–H and O–H groups in total. The Morgan fingerprint density at radius 3 is 2.21 bits per heavy atom. The highest BCUT2D eigenvalue weighted by molar-refractivity contribution is 6.05. The van der Waals surface area contributed by atoms with Crippen LogP contribution in [-0.4, -0.2) is 44.5 Å². The number of aliphatic hydroxyl groups is 1. The molecule has 126 valence electrons. The molecule has 0 fully saturated rings. The van der Waals surface area contributed by atoms with Crippen LogP contribution in [0.15, 0.2) is 24.3 Å². The van der Waals surface area contributed by atoms with E-state index in [1.54, 1.807) is 0 Å². The summed E-state index contributed by atoms with van der Waals surface area (Å²) in [5, 5.41) is 48.7. The number of ether oxygens (including phenoxy) is 2. The highest BCUT2D eigenvalue weighted by Crippen LogP contribution is 2.44. The Morgan fingerprint density at radius 1 is 1.00 bits per heavy atom. The van der Waals surface area contributed by atoms with Crippen LogP contribution in [0.5, 0.6) is 34.5 Å². The van der Waals surface area contributed by atoms with Crippen molar-refractivity contribution in [1.29, 1.82) is 0 Å². The van der Waals surface area contributed by atoms with Crippen molar-refractivity contribution < 1.29 is 39.8 Å². The lowest BCUT2D eigenvalue weighted by atomic mass is 9.92. The lowest BCUT2D eigenvalue weighted by molar-refractivity contribution is 0.0209. The van der Waals surface area contributed by atoms with Crippen molar-refractivity contribution in [1.82, 2.24) is 0 Å². The number of rotatable bonds is 2. The van der Waals surface area contributed by atoms with Crippen LogP contribution in [0, 0.1) is 0 Å². The summed E-state index contributed by atoms with van der Waals surface area (Å²) < 4.78 is 10.6. The number of Topliss-reactive ketones (excluding diaryl/α,β-unsaturated/α-hetero) is 1. The lowest BCUT2D eigenvalue weighted by Gasteiger charge is -2.30. The summed E-state index contributed by atoms with van der Waals surface area (Å²) in [5.74, 6) is -2.95. The maximum absolute atomic E-state index is 12.4. The van der Waals surface area contributed by atoms with E-state index in [-0.39, 0.29) is 22.6 Å². The van der Waals surface area contributed by atoms with Crippen LogP contribution in [0.1, 0.15) is 22.0 Å². The van der Waals surface area contributed by atoms with Crippen LogP contribution in [0.2, 0.25) is 0 Å². The lowest BCUT2D eigenvalue weighted by Crippen LogP contribution is -2.36. The van der Waals surface area contributed by atoms with Crippen molar-refractivity contribution in [2.45, 2.75) is 12.2 Å². The van der Waals surface area contributed by atoms with Crippen molar-refractivity contribution in [3.05, 3.63) is 35.4 Å². The maximum atomic E-state index is 12.4. The van der Waals surface area contributed by atoms with E-state index in [2.05, 4.69) is 0 Å². The molecule has 1 heterocycles. The van der Waals surface area contributed by atoms with Gasteiger partial charge in [-0.2, -0.15) is 0 Å². The summed E-state index contributed by atoms with van der Waals surface area (Å²) in [5.41, 5.74) is -0.122. The monoisotopic (exact) mass is 334 g/mol. The number of aromatic hydroxyl groups is 4. The van der Waals surface area contributed by atoms with Gasteiger partial charge in [0.05, 0.1) is 7.11 Å². The first-order chi connectivity index (χ1) is 11.3. The summed E-state index contributed by atoms with van der Waals surface area (Å²) in [6.07, 6.45) is -2.94. The Bertz CT molecular complexity index is 806. The number of methoxy groups -OCH3 is 1. The number of phenolic OH excluding ortho intramolecular Hbond substituents is 4. The Morgan fingerprint density at radius 2 is 1.62 bits per heavy atom. The molecule has 24 heavy (non-hydrogen) atoms. The molecule has 0 saturated heterocycles. The predicted molar refractivity (Wildman–Crippen MR) is 79.8 cm³/mol. The molecule has 2 unspecified atom stereocenters. The highest BCUT2D eigenvalue weighted by Gasteiger charge is 2.39. The molecule has 0 bridgehead atoms. The van der Waals surface area contributed by atoms with Gasteiger partial charge < -0.3 is 35.0 Å². The molecule has 0 saturated carbocycles. The molecule has 3 rings (SSSR count). The van der Waals surface area contributed by atoms with E-state index in [0.717, 1.165) is 12.1 Å². The molecule has 0 spiro atoms. The predicted octanol–water partition coefficient (Wildman–Crippen LogP) is 1.19. The van der Waals surface area contributed by atoms with Crippen LogP contribution in [0.4, 0.5) is 0 Å². The molecule has 0 aromatic heterocycles. The average molecular weight is 334 g/mol. The molecule has 2 atom stereocenters. The van der Waals surface area contributed by atoms with E-state index >= 15 is 0 Å². The first-order valence-corrected chi connectivity index (χ1v) is 6.88. The number of phenols is 4. The number of carbonyl (C=O) groups excluding carboxylic acids is 1. The second-order valence-corrected chi connectivity index (χ2v) is 5.27. The van der Waals surface area contributed by atoms with E-state index < -0.39 is 41.0 Å². The number of aliphatic hydroxyl groups excluding tert-OH is 1. The van der Waals surface area contributed by atoms with E-state index in [9.17, 15) is 30.3 Å². The summed E-state index contributed by atoms with van der Waals surface area (Å²) >= 11 is 0. The van der Waals surface area contributed by atoms with Gasteiger partial charge in [-0.1, -0.05) is 0 Å². The van der Waals surface area contributed by atoms with Gasteiger partial charge in [-0.05, 0) is 12.1 Å². The fourth-order valence-corrected chi connectivity index (χ4v) is 2.56. The minimum Gasteiger partial charge on any atom is -0.507 e. The Hall–Kier alpha value is -3.13. The van der Waals surface area contributed by atoms with Crippen LogP contribution in [0.3, 0.4) is 0 Å². The maximum Gasteiger partial charge on any atom is 0.202 e. The molecular formula is C16H14O8. The largest absolute Gasteiger partial charge is 0.507 e. The van der Waals surface area contributed by atoms with Crippen molar-refractivity contribution in [2.24, 2.45) is 0 Å². The molecule has 1 aliphatic heterocycles. The van der Waals surface area contributed by atoms with Crippen LogP contribution in [0.25, 0.3) is 0 Å². The summed E-state index contributed by atoms with van der Waals surface area (Å²) in [6.45, 7) is 0. The number of benzene rings is 2. The molecule has 8 nitrogen and oxygen atoms in total. The van der Waals surface area contributed by atoms with Gasteiger partial charge in [0, 0.05) is 17.7 Å². The average Bonchev–Trinajstić information content (AvgIpc) is 2.54. The number of ketones is 1. The third-order valence-electron chi connectivity index (χ3n) is 3.77. The quantitative estimate of drug-likeness (QED) is 0.517. The van der Waals surface area contributed by atoms with Crippen molar-refractivity contribution >= 4 is 5.78 Å². The second-order valence-electron chi connectivity index (χ2n) is 5.27. The molecule has 0 amide bonds. The van der Waals surface area contributed by atoms with Gasteiger partial charge in [-0.15, -0.1) is 0 Å². The van der Waals surface area contributed by atoms with E-state index in [0.29, 0.717) is 0 Å². The van der Waals surface area contributed by atoms with Crippen molar-refractivity contribution in [3.63, 3.8) is 0 Å².